The number of nitrogens with two attached hydrogens (primary N) is 1. The first-order valence-corrected chi connectivity index (χ1v) is 21.5. The van der Waals surface area contributed by atoms with Crippen LogP contribution in [-0.4, -0.2) is 114 Å². The molecule has 0 heterocycles. The minimum atomic E-state index is -0.879. The fourth-order valence-corrected chi connectivity index (χ4v) is 6.12. The number of aliphatic hydroxyl groups is 1. The molecule has 0 amide bonds. The van der Waals surface area contributed by atoms with E-state index in [2.05, 4.69) is 118 Å². The number of nitrogen functional groups attached to an aromatic ring is 1. The van der Waals surface area contributed by atoms with Gasteiger partial charge in [-0.15, -0.1) is 0 Å². The largest absolute Gasteiger partial charge is 1.00 e. The number of aromatic carboxylic acids is 2. The van der Waals surface area contributed by atoms with Crippen LogP contribution < -0.4 is 63.1 Å². The molecule has 5 N–H and O–H groups in total. The van der Waals surface area contributed by atoms with Gasteiger partial charge >= 0.3 is 49.7 Å². The minimum Gasteiger partial charge on any atom is -1.00 e. The average Bonchev–Trinajstić information content (AvgIpc) is 3.28. The number of hydrogen-bond acceptors (Lipinski definition) is 8. The number of rotatable bonds is 15. The Bertz CT molecular complexity index is 1840. The molecule has 65 heavy (non-hydrogen) atoms. The predicted octanol–water partition coefficient (Wildman–Crippen LogP) is 2.77. The van der Waals surface area contributed by atoms with E-state index in [1.165, 1.54) is 22.5 Å². The van der Waals surface area contributed by atoms with Crippen LogP contribution in [0.3, 0.4) is 0 Å². The number of hydrogen-bond donors (Lipinski definition) is 4. The topological polar surface area (TPSA) is 134 Å². The maximum Gasteiger partial charge on any atom is 1.00 e. The van der Waals surface area contributed by atoms with Crippen molar-refractivity contribution in [3.8, 4) is 0 Å². The first-order valence-electron chi connectivity index (χ1n) is 21.5. The van der Waals surface area contributed by atoms with Crippen LogP contribution in [0.4, 0.5) is 28.4 Å². The van der Waals surface area contributed by atoms with Gasteiger partial charge in [-0.25, -0.2) is 9.59 Å². The van der Waals surface area contributed by atoms with E-state index in [1.807, 2.05) is 67.6 Å². The van der Waals surface area contributed by atoms with Gasteiger partial charge in [0.15, 0.2) is 34.7 Å². The second-order valence-electron chi connectivity index (χ2n) is 14.0. The summed E-state index contributed by atoms with van der Waals surface area (Å²) in [4.78, 5) is 30.2. The number of carbonyl (C=O) groups is 2. The van der Waals surface area contributed by atoms with Gasteiger partial charge in [0, 0.05) is 80.8 Å². The van der Waals surface area contributed by atoms with Crippen molar-refractivity contribution < 1.29 is 65.5 Å². The second kappa shape index (κ2) is 39.4. The van der Waals surface area contributed by atoms with Crippen LogP contribution in [0.25, 0.3) is 0 Å². The Kier molecular flexibility index (Phi) is 41.2. The summed E-state index contributed by atoms with van der Waals surface area (Å²) in [5.41, 5.74) is 15.2. The maximum atomic E-state index is 10.6. The summed E-state index contributed by atoms with van der Waals surface area (Å²) < 4.78 is 0. The number of aryl methyl sites for hydroxylation is 2. The molecular formula is C51H81Al2Li2N5O5. The summed E-state index contributed by atoms with van der Waals surface area (Å²) in [5.74, 6) is -1.76. The number of nitrogens with zero attached hydrogens (tertiary/aromatic N) is 4. The molecule has 348 valence electrons. The van der Waals surface area contributed by atoms with Crippen molar-refractivity contribution in [2.24, 2.45) is 0 Å². The van der Waals surface area contributed by atoms with Crippen molar-refractivity contribution in [1.82, 2.24) is 0 Å². The van der Waals surface area contributed by atoms with E-state index < -0.39 is 11.9 Å². The molecule has 10 nitrogen and oxygen atoms in total. The molecule has 0 unspecified atom stereocenters. The standard InChI is InChI=1S/2C11H15NO2.C11H17NO.C11H17N.C7H9N.2Al.2Li.8H/c2*1-3-12(4-2)10-7-5-9(6-8-10)11(13)14;1-3-12(4-2)11-7-5-10(9-13)6-8-11;1-4-12(5-2)11-8-6-10(3)7-9-11;1-6-2-4-7(8)5-3-6;;;;;;;;;;;;/h2*5-8H,3-4H2,1-2H3,(H,13,14);5-8,13H,3-4,9H2,1-2H3;6-9H,4-5H2,1-3H3;2-5H,8H2,1H3;;;;;;;;;;;;/q;;;;;;;2*+1;;;;;;;2*-1. The van der Waals surface area contributed by atoms with E-state index >= 15 is 0 Å². The molecule has 0 aliphatic heterocycles. The number of carboxylic acids is 2. The van der Waals surface area contributed by atoms with Crippen molar-refractivity contribution in [3.05, 3.63) is 149 Å². The normalized spacial score (nSPS) is 9.22. The van der Waals surface area contributed by atoms with Gasteiger partial charge in [0.05, 0.1) is 17.7 Å². The van der Waals surface area contributed by atoms with Crippen molar-refractivity contribution >= 4 is 75.1 Å². The third kappa shape index (κ3) is 26.3. The molecule has 0 saturated carbocycles. The van der Waals surface area contributed by atoms with Crippen molar-refractivity contribution in [1.29, 1.82) is 0 Å². The van der Waals surface area contributed by atoms with Crippen LogP contribution in [0.5, 0.6) is 0 Å². The Morgan fingerprint density at radius 1 is 0.431 bits per heavy atom. The van der Waals surface area contributed by atoms with Crippen LogP contribution in [0.1, 0.15) is 95.6 Å². The smallest absolute Gasteiger partial charge is 1.00 e. The van der Waals surface area contributed by atoms with Crippen LogP contribution >= 0.6 is 0 Å². The van der Waals surface area contributed by atoms with Crippen molar-refractivity contribution in [3.63, 3.8) is 0 Å². The Morgan fingerprint density at radius 2 is 0.646 bits per heavy atom. The van der Waals surface area contributed by atoms with Gasteiger partial charge in [-0.2, -0.15) is 0 Å². The summed E-state index contributed by atoms with van der Waals surface area (Å²) >= 11 is 0. The fraction of sp³-hybridized carbons (Fsp3) is 0.373. The van der Waals surface area contributed by atoms with E-state index in [0.29, 0.717) is 11.1 Å². The molecule has 5 aromatic carbocycles. The van der Waals surface area contributed by atoms with Gasteiger partial charge in [0.2, 0.25) is 0 Å². The van der Waals surface area contributed by atoms with Gasteiger partial charge in [0.1, 0.15) is 0 Å². The molecule has 0 saturated heterocycles. The van der Waals surface area contributed by atoms with Crippen molar-refractivity contribution in [2.45, 2.75) is 75.8 Å². The monoisotopic (exact) mass is 912 g/mol. The summed E-state index contributed by atoms with van der Waals surface area (Å²) in [6.45, 7) is 29.2. The molecule has 5 aromatic rings. The molecule has 0 bridgehead atoms. The predicted molar refractivity (Wildman–Crippen MR) is 282 cm³/mol. The molecule has 0 atom stereocenters. The van der Waals surface area contributed by atoms with Crippen LogP contribution in [0.2, 0.25) is 0 Å². The molecule has 0 aromatic heterocycles. The summed E-state index contributed by atoms with van der Waals surface area (Å²) in [5, 5.41) is 26.3. The van der Waals surface area contributed by atoms with Gasteiger partial charge in [-0.3, -0.25) is 0 Å². The number of benzene rings is 5. The first-order chi connectivity index (χ1) is 29.2. The number of anilines is 5. The Hall–Kier alpha value is -3.74. The van der Waals surface area contributed by atoms with Gasteiger partial charge in [0.25, 0.3) is 0 Å². The van der Waals surface area contributed by atoms with E-state index in [1.54, 1.807) is 24.3 Å². The minimum absolute atomic E-state index is 0. The maximum absolute atomic E-state index is 10.6. The molecule has 14 heteroatoms. The molecule has 5 rings (SSSR count). The average molecular weight is 912 g/mol. The van der Waals surface area contributed by atoms with E-state index in [0.717, 1.165) is 75.0 Å². The molecule has 0 aliphatic rings. The second-order valence-corrected chi connectivity index (χ2v) is 14.0. The SMILES string of the molecule is CCN(CC)c1ccc(C(=O)O)cc1.CCN(CC)c1ccc(C(=O)O)cc1.CCN(CC)c1ccc(C)cc1.CCN(CC)c1ccc(CO)cc1.Cc1ccc(N)cc1.[AlH3].[AlH3].[H-].[H-].[Li+].[Li+]. The molecule has 0 aliphatic carbocycles. The fourth-order valence-electron chi connectivity index (χ4n) is 6.12. The Labute approximate surface area is 440 Å². The van der Waals surface area contributed by atoms with Gasteiger partial charge in [-0.1, -0.05) is 47.5 Å². The molecular weight excluding hydrogens is 830 g/mol. The quantitative estimate of drug-likeness (QED) is 0.0919. The van der Waals surface area contributed by atoms with Crippen molar-refractivity contribution in [2.75, 3.05) is 77.7 Å². The third-order valence-electron chi connectivity index (χ3n) is 9.97. The zero-order valence-electron chi connectivity index (χ0n) is 42.4. The van der Waals surface area contributed by atoms with E-state index in [4.69, 9.17) is 21.1 Å². The number of carboxylic acid groups (broad SMARTS) is 2. The van der Waals surface area contributed by atoms with Gasteiger partial charge < -0.3 is 43.5 Å². The summed E-state index contributed by atoms with van der Waals surface area (Å²) in [6.07, 6.45) is 0. The Balaban J connectivity index is -0.000000171. The van der Waals surface area contributed by atoms with Crippen LogP contribution in [-0.2, 0) is 6.61 Å². The zero-order valence-corrected chi connectivity index (χ0v) is 40.4. The van der Waals surface area contributed by atoms with Crippen LogP contribution in [0, 0.1) is 13.8 Å². The van der Waals surface area contributed by atoms with E-state index in [-0.39, 0.29) is 81.9 Å². The molecule has 0 fully saturated rings. The van der Waals surface area contributed by atoms with Crippen LogP contribution in [0.15, 0.2) is 121 Å². The summed E-state index contributed by atoms with van der Waals surface area (Å²) in [6, 6.07) is 38.4. The number of aliphatic hydroxyl groups excluding tert-OH is 1. The zero-order chi connectivity index (χ0) is 45.7. The first kappa shape index (κ1) is 67.8. The molecule has 0 spiro atoms. The summed E-state index contributed by atoms with van der Waals surface area (Å²) in [7, 11) is 0. The Morgan fingerprint density at radius 3 is 0.846 bits per heavy atom. The van der Waals surface area contributed by atoms with E-state index in [9.17, 15) is 9.59 Å². The van der Waals surface area contributed by atoms with Gasteiger partial charge in [-0.05, 0) is 160 Å². The molecule has 0 radical (unpaired) electrons. The third-order valence-corrected chi connectivity index (χ3v) is 9.97.